The van der Waals surface area contributed by atoms with E-state index < -0.39 is 23.6 Å². The molecular weight excluding hydrogens is 471 g/mol. The monoisotopic (exact) mass is 489 g/mol. The minimum absolute atomic E-state index is 0.0337. The second-order valence-electron chi connectivity index (χ2n) is 7.40. The molecule has 3 heterocycles. The molecule has 12 heteroatoms. The maximum atomic E-state index is 13.1. The quantitative estimate of drug-likeness (QED) is 0.375. The lowest BCUT2D eigenvalue weighted by molar-refractivity contribution is -0.137. The third-order valence-corrected chi connectivity index (χ3v) is 5.80. The van der Waals surface area contributed by atoms with E-state index in [4.69, 9.17) is 4.74 Å². The largest absolute Gasteiger partial charge is 0.456 e. The van der Waals surface area contributed by atoms with Gasteiger partial charge in [0.15, 0.2) is 10.8 Å². The summed E-state index contributed by atoms with van der Waals surface area (Å²) in [6, 6.07) is 6.06. The fraction of sp³-hybridized carbons (Fsp3) is 0.227. The molecule has 3 aromatic heterocycles. The second kappa shape index (κ2) is 8.86. The normalized spacial score (nSPS) is 11.6. The Hall–Kier alpha value is -3.80. The van der Waals surface area contributed by atoms with Gasteiger partial charge in [-0.2, -0.15) is 18.3 Å². The SMILES string of the molecule is CC(=O)N(c1cccc(C(F)(F)F)c1)c1nc(COC(=O)c2cnc3c(c2)c(C)nn3C)cs1. The highest BCUT2D eigenvalue weighted by atomic mass is 32.1. The molecule has 0 bridgehead atoms. The topological polar surface area (TPSA) is 90.2 Å². The van der Waals surface area contributed by atoms with Crippen LogP contribution < -0.4 is 4.90 Å². The number of amides is 1. The highest BCUT2D eigenvalue weighted by Crippen LogP contribution is 2.35. The number of hydrogen-bond acceptors (Lipinski definition) is 7. The van der Waals surface area contributed by atoms with Crippen LogP contribution >= 0.6 is 11.3 Å². The Morgan fingerprint density at radius 3 is 2.71 bits per heavy atom. The van der Waals surface area contributed by atoms with Gasteiger partial charge in [0.25, 0.3) is 0 Å². The average Bonchev–Trinajstić information content (AvgIpc) is 3.35. The molecule has 34 heavy (non-hydrogen) atoms. The number of pyridine rings is 1. The molecule has 176 valence electrons. The van der Waals surface area contributed by atoms with Gasteiger partial charge in [-0.05, 0) is 31.2 Å². The van der Waals surface area contributed by atoms with Crippen LogP contribution in [0.15, 0.2) is 41.9 Å². The van der Waals surface area contributed by atoms with E-state index in [0.29, 0.717) is 11.3 Å². The Balaban J connectivity index is 1.51. The minimum Gasteiger partial charge on any atom is -0.456 e. The molecule has 4 aromatic rings. The van der Waals surface area contributed by atoms with Crippen molar-refractivity contribution < 1.29 is 27.5 Å². The molecule has 0 radical (unpaired) electrons. The average molecular weight is 489 g/mol. The highest BCUT2D eigenvalue weighted by Gasteiger charge is 2.31. The van der Waals surface area contributed by atoms with Gasteiger partial charge in [-0.1, -0.05) is 6.07 Å². The van der Waals surface area contributed by atoms with Gasteiger partial charge in [0.05, 0.1) is 28.2 Å². The van der Waals surface area contributed by atoms with E-state index in [1.807, 2.05) is 0 Å². The third kappa shape index (κ3) is 4.62. The molecule has 0 fully saturated rings. The van der Waals surface area contributed by atoms with Crippen molar-refractivity contribution in [3.8, 4) is 0 Å². The molecule has 4 rings (SSSR count). The number of aryl methyl sites for hydroxylation is 2. The van der Waals surface area contributed by atoms with Crippen LogP contribution in [0.5, 0.6) is 0 Å². The molecule has 0 saturated heterocycles. The number of aromatic nitrogens is 4. The molecule has 0 N–H and O–H groups in total. The number of fused-ring (bicyclic) bond motifs is 1. The number of halogens is 3. The second-order valence-corrected chi connectivity index (χ2v) is 8.24. The van der Waals surface area contributed by atoms with Crippen LogP contribution in [-0.4, -0.2) is 31.6 Å². The lowest BCUT2D eigenvalue weighted by Gasteiger charge is -2.19. The third-order valence-electron chi connectivity index (χ3n) is 4.93. The summed E-state index contributed by atoms with van der Waals surface area (Å²) in [5, 5.41) is 6.72. The minimum atomic E-state index is -4.55. The summed E-state index contributed by atoms with van der Waals surface area (Å²) < 4.78 is 46.2. The Labute approximate surface area is 195 Å². The van der Waals surface area contributed by atoms with Crippen LogP contribution in [0.4, 0.5) is 24.0 Å². The summed E-state index contributed by atoms with van der Waals surface area (Å²) in [6.45, 7) is 2.85. The number of nitrogens with zero attached hydrogens (tertiary/aromatic N) is 5. The summed E-state index contributed by atoms with van der Waals surface area (Å²) in [5.74, 6) is -1.13. The van der Waals surface area contributed by atoms with Gasteiger partial charge in [-0.25, -0.2) is 14.8 Å². The molecule has 8 nitrogen and oxygen atoms in total. The Kier molecular flexibility index (Phi) is 6.09. The van der Waals surface area contributed by atoms with E-state index in [1.54, 1.807) is 30.1 Å². The van der Waals surface area contributed by atoms with Gasteiger partial charge in [-0.15, -0.1) is 11.3 Å². The van der Waals surface area contributed by atoms with Gasteiger partial charge in [0.2, 0.25) is 5.91 Å². The first kappa shape index (κ1) is 23.4. The van der Waals surface area contributed by atoms with Gasteiger partial charge in [0, 0.05) is 30.9 Å². The fourth-order valence-electron chi connectivity index (χ4n) is 3.36. The predicted molar refractivity (Wildman–Crippen MR) is 119 cm³/mol. The van der Waals surface area contributed by atoms with Crippen LogP contribution in [0.2, 0.25) is 0 Å². The van der Waals surface area contributed by atoms with E-state index in [0.717, 1.165) is 39.4 Å². The van der Waals surface area contributed by atoms with Crippen molar-refractivity contribution in [1.82, 2.24) is 19.7 Å². The summed E-state index contributed by atoms with van der Waals surface area (Å²) in [5.41, 5.74) is 1.11. The zero-order valence-corrected chi connectivity index (χ0v) is 19.1. The zero-order valence-electron chi connectivity index (χ0n) is 18.3. The number of anilines is 2. The maximum absolute atomic E-state index is 13.1. The molecule has 0 unspecified atom stereocenters. The van der Waals surface area contributed by atoms with Crippen LogP contribution in [0.1, 0.15) is 34.2 Å². The zero-order chi connectivity index (χ0) is 24.6. The first-order valence-electron chi connectivity index (χ1n) is 9.93. The van der Waals surface area contributed by atoms with Crippen LogP contribution in [0, 0.1) is 6.92 Å². The molecule has 1 amide bonds. The van der Waals surface area contributed by atoms with E-state index in [2.05, 4.69) is 15.1 Å². The highest BCUT2D eigenvalue weighted by molar-refractivity contribution is 7.14. The van der Waals surface area contributed by atoms with Crippen molar-refractivity contribution >= 4 is 45.1 Å². The summed E-state index contributed by atoms with van der Waals surface area (Å²) in [4.78, 5) is 34.3. The van der Waals surface area contributed by atoms with Crippen molar-refractivity contribution in [2.24, 2.45) is 7.05 Å². The lowest BCUT2D eigenvalue weighted by Crippen LogP contribution is -2.23. The molecule has 0 aliphatic heterocycles. The number of esters is 1. The van der Waals surface area contributed by atoms with Crippen molar-refractivity contribution in [2.75, 3.05) is 4.90 Å². The van der Waals surface area contributed by atoms with E-state index in [9.17, 15) is 22.8 Å². The first-order valence-corrected chi connectivity index (χ1v) is 10.8. The Bertz CT molecular complexity index is 1400. The van der Waals surface area contributed by atoms with Crippen LogP contribution in [-0.2, 0) is 29.4 Å². The number of carbonyl (C=O) groups is 2. The molecular formula is C22H18F3N5O3S. The standard InChI is InChI=1S/C22H18F3N5O3S/c1-12-18-7-14(9-26-19(18)29(3)28-12)20(32)33-10-16-11-34-21(27-16)30(13(2)31)17-6-4-5-15(8-17)22(23,24)25/h4-9,11H,10H2,1-3H3. The summed E-state index contributed by atoms with van der Waals surface area (Å²) in [6.07, 6.45) is -3.16. The molecule has 1 aromatic carbocycles. The Morgan fingerprint density at radius 2 is 2.00 bits per heavy atom. The van der Waals surface area contributed by atoms with Gasteiger partial charge in [0.1, 0.15) is 6.61 Å². The maximum Gasteiger partial charge on any atom is 0.416 e. The molecule has 0 spiro atoms. The Morgan fingerprint density at radius 1 is 1.24 bits per heavy atom. The fourth-order valence-corrected chi connectivity index (χ4v) is 4.23. The van der Waals surface area contributed by atoms with E-state index in [1.165, 1.54) is 25.3 Å². The first-order chi connectivity index (χ1) is 16.0. The number of benzene rings is 1. The molecule has 0 atom stereocenters. The van der Waals surface area contributed by atoms with Crippen molar-refractivity contribution in [2.45, 2.75) is 26.6 Å². The lowest BCUT2D eigenvalue weighted by atomic mass is 10.2. The summed E-state index contributed by atoms with van der Waals surface area (Å²) >= 11 is 1.05. The van der Waals surface area contributed by atoms with E-state index >= 15 is 0 Å². The van der Waals surface area contributed by atoms with Crippen molar-refractivity contribution in [1.29, 1.82) is 0 Å². The smallest absolute Gasteiger partial charge is 0.416 e. The number of ether oxygens (including phenoxy) is 1. The summed E-state index contributed by atoms with van der Waals surface area (Å²) in [7, 11) is 1.75. The van der Waals surface area contributed by atoms with Gasteiger partial charge >= 0.3 is 12.1 Å². The van der Waals surface area contributed by atoms with E-state index in [-0.39, 0.29) is 23.0 Å². The van der Waals surface area contributed by atoms with Gasteiger partial charge in [-0.3, -0.25) is 14.4 Å². The number of alkyl halides is 3. The van der Waals surface area contributed by atoms with Crippen molar-refractivity contribution in [3.05, 3.63) is 64.4 Å². The van der Waals surface area contributed by atoms with Crippen molar-refractivity contribution in [3.63, 3.8) is 0 Å². The number of thiazole rings is 1. The number of carbonyl (C=O) groups excluding carboxylic acids is 2. The van der Waals surface area contributed by atoms with Gasteiger partial charge < -0.3 is 4.74 Å². The molecule has 0 aliphatic rings. The number of hydrogen-bond donors (Lipinski definition) is 0. The number of rotatable bonds is 5. The predicted octanol–water partition coefficient (Wildman–Crippen LogP) is 4.79. The van der Waals surface area contributed by atoms with Crippen LogP contribution in [0.25, 0.3) is 11.0 Å². The van der Waals surface area contributed by atoms with Crippen LogP contribution in [0.3, 0.4) is 0 Å². The molecule has 0 aliphatic carbocycles. The molecule has 0 saturated carbocycles.